The first-order chi connectivity index (χ1) is 12.7. The van der Waals surface area contributed by atoms with Crippen molar-refractivity contribution in [1.82, 2.24) is 10.2 Å². The van der Waals surface area contributed by atoms with E-state index >= 15 is 0 Å². The number of hydrogen-bond acceptors (Lipinski definition) is 5. The molecule has 2 amide bonds. The SMILES string of the molecule is O=C(CCc1ccsc1)NC[C@H]1CSCCN1C(=O)CCc1ccsc1. The van der Waals surface area contributed by atoms with Crippen LogP contribution in [0.3, 0.4) is 0 Å². The Morgan fingerprint density at radius 2 is 1.77 bits per heavy atom. The summed E-state index contributed by atoms with van der Waals surface area (Å²) in [6.45, 7) is 1.34. The highest BCUT2D eigenvalue weighted by Gasteiger charge is 2.27. The highest BCUT2D eigenvalue weighted by Crippen LogP contribution is 2.18. The van der Waals surface area contributed by atoms with Crippen molar-refractivity contribution in [3.05, 3.63) is 44.8 Å². The Balaban J connectivity index is 1.43. The third-order valence-corrected chi connectivity index (χ3v) is 7.07. The van der Waals surface area contributed by atoms with E-state index in [0.717, 1.165) is 30.9 Å². The standard InChI is InChI=1S/C19H24N2O2S3/c22-18(3-1-15-5-8-24-12-15)20-11-17-14-26-10-7-21(17)19(23)4-2-16-6-9-25-13-16/h5-6,8-9,12-13,17H,1-4,7,10-11,14H2,(H,20,22)/t17-/m0/s1. The second-order valence-corrected chi connectivity index (χ2v) is 9.09. The zero-order valence-corrected chi connectivity index (χ0v) is 17.1. The fraction of sp³-hybridized carbons (Fsp3) is 0.474. The summed E-state index contributed by atoms with van der Waals surface area (Å²) in [4.78, 5) is 26.7. The van der Waals surface area contributed by atoms with Crippen LogP contribution in [-0.4, -0.2) is 47.4 Å². The van der Waals surface area contributed by atoms with Crippen LogP contribution in [0.5, 0.6) is 0 Å². The third kappa shape index (κ3) is 5.86. The summed E-state index contributed by atoms with van der Waals surface area (Å²) in [5, 5.41) is 11.3. The Hall–Kier alpha value is -1.31. The molecule has 0 spiro atoms. The number of hydrogen-bond donors (Lipinski definition) is 1. The van der Waals surface area contributed by atoms with Crippen LogP contribution < -0.4 is 5.32 Å². The predicted molar refractivity (Wildman–Crippen MR) is 111 cm³/mol. The smallest absolute Gasteiger partial charge is 0.223 e. The summed E-state index contributed by atoms with van der Waals surface area (Å²) in [7, 11) is 0. The molecule has 1 fully saturated rings. The minimum Gasteiger partial charge on any atom is -0.354 e. The topological polar surface area (TPSA) is 49.4 Å². The third-order valence-electron chi connectivity index (χ3n) is 4.51. The van der Waals surface area contributed by atoms with Gasteiger partial charge in [-0.2, -0.15) is 34.4 Å². The number of thioether (sulfide) groups is 1. The second-order valence-electron chi connectivity index (χ2n) is 6.38. The molecule has 3 heterocycles. The van der Waals surface area contributed by atoms with Gasteiger partial charge in [-0.25, -0.2) is 0 Å². The first kappa shape index (κ1) is 19.5. The van der Waals surface area contributed by atoms with Gasteiger partial charge in [0.05, 0.1) is 6.04 Å². The summed E-state index contributed by atoms with van der Waals surface area (Å²) >= 11 is 5.18. The molecule has 0 bridgehead atoms. The molecule has 1 saturated heterocycles. The number of thiophene rings is 2. The molecule has 0 unspecified atom stereocenters. The molecular formula is C19H24N2O2S3. The lowest BCUT2D eigenvalue weighted by molar-refractivity contribution is -0.133. The Labute approximate surface area is 167 Å². The Morgan fingerprint density at radius 1 is 1.08 bits per heavy atom. The highest BCUT2D eigenvalue weighted by atomic mass is 32.2. The van der Waals surface area contributed by atoms with Crippen molar-refractivity contribution in [3.63, 3.8) is 0 Å². The van der Waals surface area contributed by atoms with Crippen molar-refractivity contribution in [1.29, 1.82) is 0 Å². The van der Waals surface area contributed by atoms with E-state index in [4.69, 9.17) is 0 Å². The van der Waals surface area contributed by atoms with Gasteiger partial charge < -0.3 is 10.2 Å². The molecule has 0 saturated carbocycles. The van der Waals surface area contributed by atoms with Crippen LogP contribution in [-0.2, 0) is 22.4 Å². The fourth-order valence-electron chi connectivity index (χ4n) is 2.99. The van der Waals surface area contributed by atoms with Crippen molar-refractivity contribution in [2.75, 3.05) is 24.6 Å². The molecule has 0 radical (unpaired) electrons. The summed E-state index contributed by atoms with van der Waals surface area (Å²) in [6.07, 6.45) is 2.62. The molecule has 1 N–H and O–H groups in total. The normalized spacial score (nSPS) is 17.2. The van der Waals surface area contributed by atoms with Crippen LogP contribution >= 0.6 is 34.4 Å². The molecular weight excluding hydrogens is 384 g/mol. The largest absolute Gasteiger partial charge is 0.354 e. The predicted octanol–water partition coefficient (Wildman–Crippen LogP) is 3.44. The molecule has 2 aromatic rings. The van der Waals surface area contributed by atoms with Crippen LogP contribution in [0, 0.1) is 0 Å². The van der Waals surface area contributed by atoms with Gasteiger partial charge in [-0.3, -0.25) is 9.59 Å². The second kappa shape index (κ2) is 10.1. The van der Waals surface area contributed by atoms with Crippen molar-refractivity contribution < 1.29 is 9.59 Å². The van der Waals surface area contributed by atoms with Gasteiger partial charge in [-0.15, -0.1) is 0 Å². The first-order valence-corrected chi connectivity index (χ1v) is 11.9. The number of rotatable bonds is 8. The van der Waals surface area contributed by atoms with Gasteiger partial charge in [-0.1, -0.05) is 0 Å². The molecule has 1 aliphatic rings. The maximum absolute atomic E-state index is 12.6. The van der Waals surface area contributed by atoms with Crippen LogP contribution in [0.25, 0.3) is 0 Å². The summed E-state index contributed by atoms with van der Waals surface area (Å²) < 4.78 is 0. The first-order valence-electron chi connectivity index (χ1n) is 8.88. The Kier molecular flexibility index (Phi) is 7.58. The molecule has 7 heteroatoms. The number of amides is 2. The average molecular weight is 409 g/mol. The number of nitrogens with one attached hydrogen (secondary N) is 1. The van der Waals surface area contributed by atoms with Gasteiger partial charge in [0.1, 0.15) is 0 Å². The molecule has 0 aromatic carbocycles. The van der Waals surface area contributed by atoms with Crippen molar-refractivity contribution in [2.24, 2.45) is 0 Å². The summed E-state index contributed by atoms with van der Waals surface area (Å²) in [5.41, 5.74) is 2.44. The van der Waals surface area contributed by atoms with E-state index < -0.39 is 0 Å². The maximum Gasteiger partial charge on any atom is 0.223 e. The van der Waals surface area contributed by atoms with Crippen LogP contribution in [0.2, 0.25) is 0 Å². The lowest BCUT2D eigenvalue weighted by Gasteiger charge is -2.35. The molecule has 1 atom stereocenters. The molecule has 3 rings (SSSR count). The number of carbonyl (C=O) groups excluding carboxylic acids is 2. The molecule has 2 aromatic heterocycles. The van der Waals surface area contributed by atoms with Crippen LogP contribution in [0.4, 0.5) is 0 Å². The minimum atomic E-state index is 0.0671. The lowest BCUT2D eigenvalue weighted by Crippen LogP contribution is -2.51. The van der Waals surface area contributed by atoms with Gasteiger partial charge in [0.25, 0.3) is 0 Å². The lowest BCUT2D eigenvalue weighted by atomic mass is 10.1. The van der Waals surface area contributed by atoms with Gasteiger partial charge in [-0.05, 0) is 57.6 Å². The molecule has 26 heavy (non-hydrogen) atoms. The van der Waals surface area contributed by atoms with E-state index in [1.165, 1.54) is 11.1 Å². The highest BCUT2D eigenvalue weighted by molar-refractivity contribution is 7.99. The summed E-state index contributed by atoms with van der Waals surface area (Å²) in [5.74, 6) is 2.15. The maximum atomic E-state index is 12.6. The van der Waals surface area contributed by atoms with Gasteiger partial charge in [0.15, 0.2) is 0 Å². The monoisotopic (exact) mass is 408 g/mol. The molecule has 140 valence electrons. The molecule has 0 aliphatic carbocycles. The molecule has 1 aliphatic heterocycles. The Bertz CT molecular complexity index is 686. The van der Waals surface area contributed by atoms with Gasteiger partial charge in [0.2, 0.25) is 11.8 Å². The fourth-order valence-corrected chi connectivity index (χ4v) is 5.46. The van der Waals surface area contributed by atoms with Gasteiger partial charge in [0, 0.05) is 37.4 Å². The van der Waals surface area contributed by atoms with Crippen LogP contribution in [0.15, 0.2) is 33.7 Å². The van der Waals surface area contributed by atoms with Crippen molar-refractivity contribution in [2.45, 2.75) is 31.7 Å². The quantitative estimate of drug-likeness (QED) is 0.728. The van der Waals surface area contributed by atoms with Crippen molar-refractivity contribution >= 4 is 46.2 Å². The van der Waals surface area contributed by atoms with E-state index in [-0.39, 0.29) is 17.9 Å². The number of nitrogens with zero attached hydrogens (tertiary/aromatic N) is 1. The van der Waals surface area contributed by atoms with E-state index in [0.29, 0.717) is 19.4 Å². The minimum absolute atomic E-state index is 0.0671. The van der Waals surface area contributed by atoms with Crippen molar-refractivity contribution in [3.8, 4) is 0 Å². The van der Waals surface area contributed by atoms with E-state index in [1.807, 2.05) is 27.4 Å². The zero-order valence-electron chi connectivity index (χ0n) is 14.7. The van der Waals surface area contributed by atoms with E-state index in [1.54, 1.807) is 22.7 Å². The number of carbonyl (C=O) groups is 2. The zero-order chi connectivity index (χ0) is 18.2. The molecule has 4 nitrogen and oxygen atoms in total. The van der Waals surface area contributed by atoms with E-state index in [2.05, 4.69) is 28.2 Å². The Morgan fingerprint density at radius 3 is 2.42 bits per heavy atom. The van der Waals surface area contributed by atoms with Crippen LogP contribution in [0.1, 0.15) is 24.0 Å². The average Bonchev–Trinajstić information content (AvgIpc) is 3.36. The van der Waals surface area contributed by atoms with E-state index in [9.17, 15) is 9.59 Å². The summed E-state index contributed by atoms with van der Waals surface area (Å²) in [6, 6.07) is 4.24. The van der Waals surface area contributed by atoms with Gasteiger partial charge >= 0.3 is 0 Å². The number of aryl methyl sites for hydroxylation is 2.